The van der Waals surface area contributed by atoms with Crippen molar-refractivity contribution in [1.29, 1.82) is 0 Å². The van der Waals surface area contributed by atoms with Crippen LogP contribution >= 0.6 is 0 Å². The molecule has 0 saturated heterocycles. The summed E-state index contributed by atoms with van der Waals surface area (Å²) in [7, 11) is 0. The molecule has 1 aliphatic rings. The largest absolute Gasteiger partial charge is 0.378 e. The minimum absolute atomic E-state index is 0.544. The van der Waals surface area contributed by atoms with Crippen molar-refractivity contribution in [3.05, 3.63) is 0 Å². The summed E-state index contributed by atoms with van der Waals surface area (Å²) in [4.78, 5) is 0. The van der Waals surface area contributed by atoms with Crippen LogP contribution in [0.5, 0.6) is 0 Å². The third-order valence-electron chi connectivity index (χ3n) is 4.24. The normalized spacial score (nSPS) is 26.2. The number of rotatable bonds is 9. The van der Waals surface area contributed by atoms with Crippen molar-refractivity contribution in [3.8, 4) is 0 Å². The fourth-order valence-electron chi connectivity index (χ4n) is 2.89. The lowest BCUT2D eigenvalue weighted by Gasteiger charge is -2.29. The quantitative estimate of drug-likeness (QED) is 0.625. The zero-order valence-electron chi connectivity index (χ0n) is 12.7. The van der Waals surface area contributed by atoms with Gasteiger partial charge in [0.05, 0.1) is 6.10 Å². The molecule has 0 radical (unpaired) electrons. The molecule has 0 aromatic heterocycles. The molecule has 0 aromatic carbocycles. The summed E-state index contributed by atoms with van der Waals surface area (Å²) in [5.41, 5.74) is 0. The van der Waals surface area contributed by atoms with Gasteiger partial charge in [0.2, 0.25) is 0 Å². The second-order valence-corrected chi connectivity index (χ2v) is 5.87. The maximum absolute atomic E-state index is 6.07. The summed E-state index contributed by atoms with van der Waals surface area (Å²) >= 11 is 0. The van der Waals surface area contributed by atoms with Crippen LogP contribution in [0.4, 0.5) is 0 Å². The van der Waals surface area contributed by atoms with Crippen molar-refractivity contribution in [2.75, 3.05) is 13.2 Å². The highest BCUT2D eigenvalue weighted by molar-refractivity contribution is 4.72. The highest BCUT2D eigenvalue weighted by Crippen LogP contribution is 2.26. The molecule has 2 heteroatoms. The Bertz CT molecular complexity index is 196. The van der Waals surface area contributed by atoms with Crippen LogP contribution in [0.1, 0.15) is 72.1 Å². The summed E-state index contributed by atoms with van der Waals surface area (Å²) < 4.78 is 6.07. The first-order chi connectivity index (χ1) is 8.77. The Morgan fingerprint density at radius 3 is 2.67 bits per heavy atom. The number of hydrogen-bond acceptors (Lipinski definition) is 2. The van der Waals surface area contributed by atoms with Crippen LogP contribution in [0, 0.1) is 5.92 Å². The van der Waals surface area contributed by atoms with Gasteiger partial charge in [-0.2, -0.15) is 0 Å². The summed E-state index contributed by atoms with van der Waals surface area (Å²) in [6, 6.07) is 0.692. The Balaban J connectivity index is 2.05. The fraction of sp³-hybridized carbons (Fsp3) is 1.00. The van der Waals surface area contributed by atoms with E-state index in [0.717, 1.165) is 19.1 Å². The summed E-state index contributed by atoms with van der Waals surface area (Å²) in [5.74, 6) is 0.777. The summed E-state index contributed by atoms with van der Waals surface area (Å²) in [5, 5.41) is 3.61. The van der Waals surface area contributed by atoms with Gasteiger partial charge in [0.25, 0.3) is 0 Å². The Kier molecular flexibility index (Phi) is 8.70. The second kappa shape index (κ2) is 9.80. The van der Waals surface area contributed by atoms with Crippen LogP contribution in [-0.4, -0.2) is 25.3 Å². The molecular weight excluding hydrogens is 222 g/mol. The van der Waals surface area contributed by atoms with Gasteiger partial charge < -0.3 is 10.1 Å². The van der Waals surface area contributed by atoms with Gasteiger partial charge in [0, 0.05) is 12.6 Å². The Morgan fingerprint density at radius 1 is 1.22 bits per heavy atom. The van der Waals surface area contributed by atoms with E-state index in [1.165, 1.54) is 51.4 Å². The maximum Gasteiger partial charge on any atom is 0.0600 e. The van der Waals surface area contributed by atoms with Crippen molar-refractivity contribution in [3.63, 3.8) is 0 Å². The molecule has 0 amide bonds. The summed E-state index contributed by atoms with van der Waals surface area (Å²) in [6.07, 6.45) is 10.9. The number of ether oxygens (including phenoxy) is 1. The van der Waals surface area contributed by atoms with Crippen molar-refractivity contribution < 1.29 is 4.74 Å². The molecule has 108 valence electrons. The van der Waals surface area contributed by atoms with Gasteiger partial charge in [-0.3, -0.25) is 0 Å². The highest BCUT2D eigenvalue weighted by atomic mass is 16.5. The lowest BCUT2D eigenvalue weighted by Crippen LogP contribution is -2.30. The first kappa shape index (κ1) is 16.0. The Labute approximate surface area is 114 Å². The molecule has 0 aromatic rings. The molecule has 1 aliphatic carbocycles. The van der Waals surface area contributed by atoms with E-state index in [1.54, 1.807) is 0 Å². The first-order valence-electron chi connectivity index (χ1n) is 8.12. The van der Waals surface area contributed by atoms with E-state index in [2.05, 4.69) is 26.1 Å². The van der Waals surface area contributed by atoms with Crippen molar-refractivity contribution in [2.24, 2.45) is 5.92 Å². The van der Waals surface area contributed by atoms with E-state index < -0.39 is 0 Å². The molecule has 0 aliphatic heterocycles. The van der Waals surface area contributed by atoms with Gasteiger partial charge in [-0.15, -0.1) is 0 Å². The van der Waals surface area contributed by atoms with Gasteiger partial charge >= 0.3 is 0 Å². The third-order valence-corrected chi connectivity index (χ3v) is 4.24. The average Bonchev–Trinajstić information content (AvgIpc) is 2.40. The Hall–Kier alpha value is -0.0800. The minimum Gasteiger partial charge on any atom is -0.378 e. The van der Waals surface area contributed by atoms with Crippen LogP contribution in [0.25, 0.3) is 0 Å². The molecule has 0 spiro atoms. The van der Waals surface area contributed by atoms with E-state index in [0.29, 0.717) is 12.1 Å². The number of nitrogens with one attached hydrogen (secondary N) is 1. The van der Waals surface area contributed by atoms with Gasteiger partial charge in [-0.05, 0) is 51.0 Å². The van der Waals surface area contributed by atoms with Gasteiger partial charge in [-0.1, -0.05) is 33.6 Å². The lowest BCUT2D eigenvalue weighted by molar-refractivity contribution is -0.00712. The first-order valence-corrected chi connectivity index (χ1v) is 8.12. The Morgan fingerprint density at radius 2 is 2.00 bits per heavy atom. The van der Waals surface area contributed by atoms with Crippen LogP contribution < -0.4 is 5.32 Å². The summed E-state index contributed by atoms with van der Waals surface area (Å²) in [6.45, 7) is 8.96. The molecule has 1 N–H and O–H groups in total. The molecule has 3 unspecified atom stereocenters. The van der Waals surface area contributed by atoms with Crippen molar-refractivity contribution >= 4 is 0 Å². The van der Waals surface area contributed by atoms with Crippen LogP contribution in [-0.2, 0) is 4.74 Å². The van der Waals surface area contributed by atoms with Crippen LogP contribution in [0.3, 0.4) is 0 Å². The van der Waals surface area contributed by atoms with E-state index in [4.69, 9.17) is 4.74 Å². The predicted octanol–water partition coefficient (Wildman–Crippen LogP) is 4.14. The van der Waals surface area contributed by atoms with E-state index >= 15 is 0 Å². The molecule has 1 saturated carbocycles. The molecule has 3 atom stereocenters. The molecule has 1 fully saturated rings. The highest BCUT2D eigenvalue weighted by Gasteiger charge is 2.21. The molecule has 2 nitrogen and oxygen atoms in total. The molecular formula is C16H33NO. The SMILES string of the molecule is CCCNC(CC)CCCOC1CCCCC1C. The minimum atomic E-state index is 0.544. The zero-order chi connectivity index (χ0) is 13.2. The maximum atomic E-state index is 6.07. The number of hydrogen-bond donors (Lipinski definition) is 1. The topological polar surface area (TPSA) is 21.3 Å². The molecule has 0 heterocycles. The van der Waals surface area contributed by atoms with E-state index in [-0.39, 0.29) is 0 Å². The molecule has 0 bridgehead atoms. The zero-order valence-corrected chi connectivity index (χ0v) is 12.7. The van der Waals surface area contributed by atoms with Crippen LogP contribution in [0.2, 0.25) is 0 Å². The standard InChI is InChI=1S/C16H33NO/c1-4-12-17-15(5-2)10-8-13-18-16-11-7-6-9-14(16)3/h14-17H,4-13H2,1-3H3. The van der Waals surface area contributed by atoms with Crippen molar-refractivity contribution in [1.82, 2.24) is 5.32 Å². The van der Waals surface area contributed by atoms with Crippen molar-refractivity contribution in [2.45, 2.75) is 84.3 Å². The average molecular weight is 255 g/mol. The van der Waals surface area contributed by atoms with Gasteiger partial charge in [0.15, 0.2) is 0 Å². The van der Waals surface area contributed by atoms with Gasteiger partial charge in [-0.25, -0.2) is 0 Å². The lowest BCUT2D eigenvalue weighted by atomic mass is 9.88. The monoisotopic (exact) mass is 255 g/mol. The molecule has 1 rings (SSSR count). The second-order valence-electron chi connectivity index (χ2n) is 5.87. The fourth-order valence-corrected chi connectivity index (χ4v) is 2.89. The molecule has 18 heavy (non-hydrogen) atoms. The smallest absolute Gasteiger partial charge is 0.0600 e. The van der Waals surface area contributed by atoms with Gasteiger partial charge in [0.1, 0.15) is 0 Å². The van der Waals surface area contributed by atoms with E-state index in [1.807, 2.05) is 0 Å². The van der Waals surface area contributed by atoms with Crippen LogP contribution in [0.15, 0.2) is 0 Å². The predicted molar refractivity (Wildman–Crippen MR) is 79.0 cm³/mol. The van der Waals surface area contributed by atoms with E-state index in [9.17, 15) is 0 Å². The third kappa shape index (κ3) is 6.19.